The fraction of sp³-hybridized carbons (Fsp3) is 0.200. The van der Waals surface area contributed by atoms with Crippen LogP contribution in [0.25, 0.3) is 5.69 Å². The van der Waals surface area contributed by atoms with Crippen molar-refractivity contribution in [1.82, 2.24) is 9.78 Å². The maximum absolute atomic E-state index is 12.6. The molecule has 3 rings (SSSR count). The van der Waals surface area contributed by atoms with E-state index in [0.717, 1.165) is 22.5 Å². The minimum atomic E-state index is -0.225. The van der Waals surface area contributed by atoms with E-state index in [1.165, 1.54) is 0 Å². The van der Waals surface area contributed by atoms with Gasteiger partial charge in [0.05, 0.1) is 5.69 Å². The number of nitrogens with one attached hydrogen (secondary N) is 1. The van der Waals surface area contributed by atoms with E-state index in [1.54, 1.807) is 29.1 Å². The molecule has 1 aromatic heterocycles. The molecule has 1 N–H and O–H groups in total. The van der Waals surface area contributed by atoms with E-state index in [9.17, 15) is 4.79 Å². The van der Waals surface area contributed by atoms with Crippen LogP contribution in [-0.2, 0) is 0 Å². The molecule has 3 aromatic rings. The van der Waals surface area contributed by atoms with Gasteiger partial charge < -0.3 is 5.32 Å². The molecule has 0 aliphatic rings. The molecular weight excluding hydrogens is 334 g/mol. The maximum atomic E-state index is 12.6. The summed E-state index contributed by atoms with van der Waals surface area (Å²) in [7, 11) is 0. The highest BCUT2D eigenvalue weighted by atomic mass is 35.5. The van der Waals surface area contributed by atoms with Gasteiger partial charge in [0.25, 0.3) is 5.91 Å². The van der Waals surface area contributed by atoms with Crippen LogP contribution in [0.4, 0.5) is 5.69 Å². The molecule has 0 spiro atoms. The van der Waals surface area contributed by atoms with Crippen LogP contribution >= 0.6 is 11.6 Å². The zero-order chi connectivity index (χ0) is 18.0. The molecule has 1 heterocycles. The molecule has 0 atom stereocenters. The number of nitrogens with zero attached hydrogens (tertiary/aromatic N) is 2. The number of rotatable bonds is 4. The second kappa shape index (κ2) is 7.11. The number of anilines is 1. The summed E-state index contributed by atoms with van der Waals surface area (Å²) in [6, 6.07) is 15.1. The van der Waals surface area contributed by atoms with E-state index >= 15 is 0 Å². The summed E-state index contributed by atoms with van der Waals surface area (Å²) < 4.78 is 1.64. The zero-order valence-corrected chi connectivity index (χ0v) is 15.2. The third kappa shape index (κ3) is 3.74. The van der Waals surface area contributed by atoms with Gasteiger partial charge in [0.2, 0.25) is 0 Å². The van der Waals surface area contributed by atoms with Crippen molar-refractivity contribution in [2.45, 2.75) is 26.7 Å². The van der Waals surface area contributed by atoms with Crippen LogP contribution in [0.15, 0.2) is 54.7 Å². The number of carbonyl (C=O) groups is 1. The normalized spacial score (nSPS) is 10.9. The van der Waals surface area contributed by atoms with Crippen molar-refractivity contribution < 1.29 is 4.79 Å². The van der Waals surface area contributed by atoms with Crippen molar-refractivity contribution in [1.29, 1.82) is 0 Å². The van der Waals surface area contributed by atoms with Gasteiger partial charge in [-0.2, -0.15) is 5.10 Å². The number of halogens is 1. The predicted molar refractivity (Wildman–Crippen MR) is 102 cm³/mol. The Labute approximate surface area is 152 Å². The van der Waals surface area contributed by atoms with E-state index in [2.05, 4.69) is 24.3 Å². The molecule has 5 heteroatoms. The van der Waals surface area contributed by atoms with E-state index in [0.29, 0.717) is 16.6 Å². The molecule has 0 aliphatic carbocycles. The molecule has 0 saturated carbocycles. The molecule has 128 valence electrons. The van der Waals surface area contributed by atoms with Gasteiger partial charge in [0.15, 0.2) is 5.69 Å². The van der Waals surface area contributed by atoms with Crippen molar-refractivity contribution in [2.75, 3.05) is 5.32 Å². The Balaban J connectivity index is 1.86. The van der Waals surface area contributed by atoms with Gasteiger partial charge in [-0.1, -0.05) is 49.7 Å². The topological polar surface area (TPSA) is 46.9 Å². The first-order valence-electron chi connectivity index (χ1n) is 8.18. The molecule has 2 aromatic carbocycles. The van der Waals surface area contributed by atoms with Crippen LogP contribution < -0.4 is 5.32 Å². The number of para-hydroxylation sites is 1. The van der Waals surface area contributed by atoms with Crippen LogP contribution in [0, 0.1) is 6.92 Å². The van der Waals surface area contributed by atoms with Crippen molar-refractivity contribution >= 4 is 23.2 Å². The van der Waals surface area contributed by atoms with Crippen molar-refractivity contribution in [3.8, 4) is 5.69 Å². The Morgan fingerprint density at radius 1 is 1.16 bits per heavy atom. The molecule has 1 amide bonds. The number of hydrogen-bond acceptors (Lipinski definition) is 2. The highest BCUT2D eigenvalue weighted by Crippen LogP contribution is 2.27. The smallest absolute Gasteiger partial charge is 0.276 e. The fourth-order valence-corrected chi connectivity index (χ4v) is 2.91. The highest BCUT2D eigenvalue weighted by Gasteiger charge is 2.15. The lowest BCUT2D eigenvalue weighted by molar-refractivity contribution is 0.102. The second-order valence-corrected chi connectivity index (χ2v) is 6.71. The Kier molecular flexibility index (Phi) is 4.91. The van der Waals surface area contributed by atoms with Gasteiger partial charge in [-0.05, 0) is 48.2 Å². The van der Waals surface area contributed by atoms with E-state index in [-0.39, 0.29) is 5.91 Å². The van der Waals surface area contributed by atoms with Gasteiger partial charge in [-0.15, -0.1) is 0 Å². The summed E-state index contributed by atoms with van der Waals surface area (Å²) in [4.78, 5) is 12.6. The van der Waals surface area contributed by atoms with Crippen molar-refractivity contribution in [3.63, 3.8) is 0 Å². The molecule has 0 aliphatic heterocycles. The molecule has 0 bridgehead atoms. The number of amides is 1. The van der Waals surface area contributed by atoms with Crippen molar-refractivity contribution in [2.24, 2.45) is 0 Å². The minimum Gasteiger partial charge on any atom is -0.320 e. The third-order valence-electron chi connectivity index (χ3n) is 4.06. The van der Waals surface area contributed by atoms with E-state index < -0.39 is 0 Å². The third-order valence-corrected chi connectivity index (χ3v) is 4.30. The summed E-state index contributed by atoms with van der Waals surface area (Å²) in [6.45, 7) is 6.21. The molecule has 0 radical (unpaired) electrons. The number of carbonyl (C=O) groups excluding carboxylic acids is 1. The molecule has 0 fully saturated rings. The quantitative estimate of drug-likeness (QED) is 0.699. The fourth-order valence-electron chi connectivity index (χ4n) is 2.73. The van der Waals surface area contributed by atoms with Gasteiger partial charge in [0, 0.05) is 16.9 Å². The Hall–Kier alpha value is -2.59. The van der Waals surface area contributed by atoms with E-state index in [1.807, 2.05) is 37.3 Å². The first-order chi connectivity index (χ1) is 12.0. The van der Waals surface area contributed by atoms with Crippen LogP contribution in [0.3, 0.4) is 0 Å². The number of hydrogen-bond donors (Lipinski definition) is 1. The molecule has 4 nitrogen and oxygen atoms in total. The van der Waals surface area contributed by atoms with Crippen molar-refractivity contribution in [3.05, 3.63) is 76.6 Å². The van der Waals surface area contributed by atoms with Gasteiger partial charge in [-0.3, -0.25) is 4.79 Å². The zero-order valence-electron chi connectivity index (χ0n) is 14.5. The van der Waals surface area contributed by atoms with Crippen LogP contribution in [0.2, 0.25) is 5.02 Å². The SMILES string of the molecule is Cc1cccc(C(C)C)c1NC(=O)c1ccn(-c2cccc(Cl)c2)n1. The average molecular weight is 354 g/mol. The van der Waals surface area contributed by atoms with Gasteiger partial charge in [-0.25, -0.2) is 4.68 Å². The molecule has 0 unspecified atom stereocenters. The van der Waals surface area contributed by atoms with Crippen LogP contribution in [0.5, 0.6) is 0 Å². The first kappa shape index (κ1) is 17.2. The number of benzene rings is 2. The van der Waals surface area contributed by atoms with Gasteiger partial charge >= 0.3 is 0 Å². The Bertz CT molecular complexity index is 915. The summed E-state index contributed by atoms with van der Waals surface area (Å²) in [5.74, 6) is 0.0937. The highest BCUT2D eigenvalue weighted by molar-refractivity contribution is 6.30. The molecule has 0 saturated heterocycles. The summed E-state index contributed by atoms with van der Waals surface area (Å²) in [6.07, 6.45) is 1.75. The minimum absolute atomic E-state index is 0.225. The lowest BCUT2D eigenvalue weighted by Crippen LogP contribution is -2.15. The van der Waals surface area contributed by atoms with Gasteiger partial charge in [0.1, 0.15) is 0 Å². The largest absolute Gasteiger partial charge is 0.320 e. The number of aromatic nitrogens is 2. The standard InChI is InChI=1S/C20H20ClN3O/c1-13(2)17-9-4-6-14(3)19(17)22-20(25)18-10-11-24(23-18)16-8-5-7-15(21)12-16/h4-13H,1-3H3,(H,22,25). The Morgan fingerprint density at radius 2 is 1.92 bits per heavy atom. The lowest BCUT2D eigenvalue weighted by Gasteiger charge is -2.15. The number of aryl methyl sites for hydroxylation is 1. The summed E-state index contributed by atoms with van der Waals surface area (Å²) in [5, 5.41) is 8.01. The van der Waals surface area contributed by atoms with Crippen LogP contribution in [0.1, 0.15) is 41.4 Å². The Morgan fingerprint density at radius 3 is 2.64 bits per heavy atom. The summed E-state index contributed by atoms with van der Waals surface area (Å²) in [5.41, 5.74) is 4.18. The first-order valence-corrected chi connectivity index (χ1v) is 8.56. The second-order valence-electron chi connectivity index (χ2n) is 6.27. The molecular formula is C20H20ClN3O. The summed E-state index contributed by atoms with van der Waals surface area (Å²) >= 11 is 6.02. The predicted octanol–water partition coefficient (Wildman–Crippen LogP) is 5.21. The van der Waals surface area contributed by atoms with E-state index in [4.69, 9.17) is 11.6 Å². The lowest BCUT2D eigenvalue weighted by atomic mass is 9.98. The maximum Gasteiger partial charge on any atom is 0.276 e. The monoisotopic (exact) mass is 353 g/mol. The van der Waals surface area contributed by atoms with Crippen LogP contribution in [-0.4, -0.2) is 15.7 Å². The average Bonchev–Trinajstić information content (AvgIpc) is 3.06. The molecule has 25 heavy (non-hydrogen) atoms.